The van der Waals surface area contributed by atoms with Crippen LogP contribution in [0, 0.1) is 0 Å². The molecule has 0 aliphatic rings. The molecule has 4 heteroatoms. The Morgan fingerprint density at radius 2 is 1.67 bits per heavy atom. The first-order valence-corrected chi connectivity index (χ1v) is 6.54. The Morgan fingerprint density at radius 3 is 2.29 bits per heavy atom. The Morgan fingerprint density at radius 1 is 1.05 bits per heavy atom. The predicted molar refractivity (Wildman–Crippen MR) is 78.4 cm³/mol. The SMILES string of the molecule is COC(=O)C(C)c1cccc(C(=O)c2cccc(O)c2)c1. The molecule has 2 rings (SSSR count). The molecule has 1 atom stereocenters. The van der Waals surface area contributed by atoms with Gasteiger partial charge in [-0.25, -0.2) is 0 Å². The third kappa shape index (κ3) is 3.28. The number of hydrogen-bond donors (Lipinski definition) is 1. The summed E-state index contributed by atoms with van der Waals surface area (Å²) < 4.78 is 4.71. The predicted octanol–water partition coefficient (Wildman–Crippen LogP) is 2.90. The van der Waals surface area contributed by atoms with Gasteiger partial charge >= 0.3 is 5.97 Å². The van der Waals surface area contributed by atoms with Crippen molar-refractivity contribution in [3.8, 4) is 5.75 Å². The lowest BCUT2D eigenvalue weighted by Gasteiger charge is -2.10. The van der Waals surface area contributed by atoms with Crippen LogP contribution in [0.2, 0.25) is 0 Å². The van der Waals surface area contributed by atoms with Gasteiger partial charge in [-0.2, -0.15) is 0 Å². The van der Waals surface area contributed by atoms with E-state index in [0.29, 0.717) is 16.7 Å². The molecule has 0 aromatic heterocycles. The number of phenolic OH excluding ortho intramolecular Hbond substituents is 1. The molecule has 21 heavy (non-hydrogen) atoms. The molecule has 0 bridgehead atoms. The van der Waals surface area contributed by atoms with Gasteiger partial charge < -0.3 is 9.84 Å². The van der Waals surface area contributed by atoms with Crippen LogP contribution in [-0.4, -0.2) is 24.0 Å². The molecule has 0 amide bonds. The normalized spacial score (nSPS) is 11.7. The Balaban J connectivity index is 2.33. The lowest BCUT2D eigenvalue weighted by Crippen LogP contribution is -2.11. The highest BCUT2D eigenvalue weighted by molar-refractivity contribution is 6.09. The zero-order chi connectivity index (χ0) is 15.4. The standard InChI is InChI=1S/C17H16O4/c1-11(17(20)21-2)12-5-3-6-13(9-12)16(19)14-7-4-8-15(18)10-14/h3-11,18H,1-2H3. The van der Waals surface area contributed by atoms with Crippen LogP contribution in [0.15, 0.2) is 48.5 Å². The van der Waals surface area contributed by atoms with E-state index < -0.39 is 5.92 Å². The zero-order valence-corrected chi connectivity index (χ0v) is 11.9. The average molecular weight is 284 g/mol. The van der Waals surface area contributed by atoms with Crippen LogP contribution >= 0.6 is 0 Å². The molecular weight excluding hydrogens is 268 g/mol. The molecule has 0 saturated carbocycles. The second-order valence-corrected chi connectivity index (χ2v) is 4.75. The molecule has 1 N–H and O–H groups in total. The molecule has 4 nitrogen and oxygen atoms in total. The summed E-state index contributed by atoms with van der Waals surface area (Å²) in [6.07, 6.45) is 0. The number of rotatable bonds is 4. The molecule has 0 aliphatic heterocycles. The maximum Gasteiger partial charge on any atom is 0.312 e. The molecule has 108 valence electrons. The van der Waals surface area contributed by atoms with Gasteiger partial charge in [-0.05, 0) is 30.7 Å². The highest BCUT2D eigenvalue weighted by Gasteiger charge is 2.17. The molecule has 0 saturated heterocycles. The van der Waals surface area contributed by atoms with Gasteiger partial charge in [-0.3, -0.25) is 9.59 Å². The van der Waals surface area contributed by atoms with Crippen molar-refractivity contribution in [1.82, 2.24) is 0 Å². The summed E-state index contributed by atoms with van der Waals surface area (Å²) in [5, 5.41) is 9.44. The minimum Gasteiger partial charge on any atom is -0.508 e. The van der Waals surface area contributed by atoms with Gasteiger partial charge in [-0.15, -0.1) is 0 Å². The summed E-state index contributed by atoms with van der Waals surface area (Å²) in [6.45, 7) is 1.73. The van der Waals surface area contributed by atoms with Crippen LogP contribution in [0.3, 0.4) is 0 Å². The van der Waals surface area contributed by atoms with Crippen LogP contribution < -0.4 is 0 Å². The topological polar surface area (TPSA) is 63.6 Å². The van der Waals surface area contributed by atoms with Crippen molar-refractivity contribution in [3.05, 3.63) is 65.2 Å². The van der Waals surface area contributed by atoms with E-state index in [2.05, 4.69) is 0 Å². The van der Waals surface area contributed by atoms with Gasteiger partial charge in [0.2, 0.25) is 0 Å². The first-order valence-electron chi connectivity index (χ1n) is 6.54. The molecule has 2 aromatic rings. The number of ether oxygens (including phenoxy) is 1. The highest BCUT2D eigenvalue weighted by Crippen LogP contribution is 2.21. The van der Waals surface area contributed by atoms with Crippen molar-refractivity contribution < 1.29 is 19.4 Å². The third-order valence-corrected chi connectivity index (χ3v) is 3.31. The van der Waals surface area contributed by atoms with E-state index in [0.717, 1.165) is 0 Å². The van der Waals surface area contributed by atoms with Gasteiger partial charge in [0.05, 0.1) is 13.0 Å². The van der Waals surface area contributed by atoms with Gasteiger partial charge in [0.25, 0.3) is 0 Å². The second kappa shape index (κ2) is 6.22. The van der Waals surface area contributed by atoms with Crippen LogP contribution in [0.1, 0.15) is 34.3 Å². The quantitative estimate of drug-likeness (QED) is 0.692. The van der Waals surface area contributed by atoms with E-state index in [9.17, 15) is 14.7 Å². The smallest absolute Gasteiger partial charge is 0.312 e. The average Bonchev–Trinajstić information content (AvgIpc) is 2.52. The van der Waals surface area contributed by atoms with Crippen LogP contribution in [-0.2, 0) is 9.53 Å². The van der Waals surface area contributed by atoms with Crippen molar-refractivity contribution in [2.75, 3.05) is 7.11 Å². The number of benzene rings is 2. The Bertz CT molecular complexity index is 676. The Labute approximate surface area is 123 Å². The Kier molecular flexibility index (Phi) is 4.38. The molecule has 0 spiro atoms. The van der Waals surface area contributed by atoms with Crippen LogP contribution in [0.4, 0.5) is 0 Å². The summed E-state index contributed by atoms with van der Waals surface area (Å²) in [5.41, 5.74) is 1.58. The molecule has 0 heterocycles. The van der Waals surface area contributed by atoms with Crippen LogP contribution in [0.25, 0.3) is 0 Å². The molecule has 2 aromatic carbocycles. The number of ketones is 1. The molecule has 0 fully saturated rings. The monoisotopic (exact) mass is 284 g/mol. The Hall–Kier alpha value is -2.62. The molecule has 1 unspecified atom stereocenters. The number of hydrogen-bond acceptors (Lipinski definition) is 4. The fraction of sp³-hybridized carbons (Fsp3) is 0.176. The second-order valence-electron chi connectivity index (χ2n) is 4.75. The first-order chi connectivity index (χ1) is 10.0. The van der Waals surface area contributed by atoms with Crippen molar-refractivity contribution in [2.45, 2.75) is 12.8 Å². The van der Waals surface area contributed by atoms with Crippen molar-refractivity contribution in [3.63, 3.8) is 0 Å². The number of aromatic hydroxyl groups is 1. The minimum absolute atomic E-state index is 0.0416. The van der Waals surface area contributed by atoms with E-state index in [1.165, 1.54) is 19.2 Å². The summed E-state index contributed by atoms with van der Waals surface area (Å²) in [7, 11) is 1.33. The van der Waals surface area contributed by atoms with Crippen molar-refractivity contribution in [2.24, 2.45) is 0 Å². The summed E-state index contributed by atoms with van der Waals surface area (Å²) in [5.74, 6) is -0.950. The lowest BCUT2D eigenvalue weighted by molar-refractivity contribution is -0.141. The number of esters is 1. The summed E-state index contributed by atoms with van der Waals surface area (Å²) in [4.78, 5) is 24.0. The van der Waals surface area contributed by atoms with Gasteiger partial charge in [0, 0.05) is 11.1 Å². The van der Waals surface area contributed by atoms with E-state index in [1.807, 2.05) is 0 Å². The van der Waals surface area contributed by atoms with E-state index >= 15 is 0 Å². The van der Waals surface area contributed by atoms with Gasteiger partial charge in [0.1, 0.15) is 5.75 Å². The van der Waals surface area contributed by atoms with E-state index in [-0.39, 0.29) is 17.5 Å². The zero-order valence-electron chi connectivity index (χ0n) is 11.9. The molecule has 0 radical (unpaired) electrons. The highest BCUT2D eigenvalue weighted by atomic mass is 16.5. The molecular formula is C17H16O4. The van der Waals surface area contributed by atoms with Gasteiger partial charge in [-0.1, -0.05) is 30.3 Å². The third-order valence-electron chi connectivity index (χ3n) is 3.31. The number of methoxy groups -OCH3 is 1. The fourth-order valence-corrected chi connectivity index (χ4v) is 2.08. The lowest BCUT2D eigenvalue weighted by atomic mass is 9.96. The maximum atomic E-state index is 12.4. The summed E-state index contributed by atoms with van der Waals surface area (Å²) >= 11 is 0. The first kappa shape index (κ1) is 14.8. The van der Waals surface area contributed by atoms with Gasteiger partial charge in [0.15, 0.2) is 5.78 Å². The van der Waals surface area contributed by atoms with E-state index in [4.69, 9.17) is 4.74 Å². The largest absolute Gasteiger partial charge is 0.508 e. The number of carbonyl (C=O) groups is 2. The van der Waals surface area contributed by atoms with Crippen molar-refractivity contribution >= 4 is 11.8 Å². The number of carbonyl (C=O) groups excluding carboxylic acids is 2. The number of phenols is 1. The van der Waals surface area contributed by atoms with Crippen LogP contribution in [0.5, 0.6) is 5.75 Å². The maximum absolute atomic E-state index is 12.4. The van der Waals surface area contributed by atoms with Crippen molar-refractivity contribution in [1.29, 1.82) is 0 Å². The molecule has 0 aliphatic carbocycles. The van der Waals surface area contributed by atoms with E-state index in [1.54, 1.807) is 43.3 Å². The summed E-state index contributed by atoms with van der Waals surface area (Å²) in [6, 6.07) is 13.0. The minimum atomic E-state index is -0.438. The fourth-order valence-electron chi connectivity index (χ4n) is 2.08.